The molecule has 1 fully saturated rings. The van der Waals surface area contributed by atoms with E-state index in [4.69, 9.17) is 11.6 Å². The first-order chi connectivity index (χ1) is 8.43. The third-order valence-corrected chi connectivity index (χ3v) is 4.28. The highest BCUT2D eigenvalue weighted by Gasteiger charge is 2.26. The van der Waals surface area contributed by atoms with Crippen LogP contribution in [0.25, 0.3) is 0 Å². The Balaban J connectivity index is 2.64. The molecule has 1 saturated carbocycles. The highest BCUT2D eigenvalue weighted by molar-refractivity contribution is 6.31. The van der Waals surface area contributed by atoms with Gasteiger partial charge in [0, 0.05) is 11.7 Å². The highest BCUT2D eigenvalue weighted by Crippen LogP contribution is 2.38. The topological polar surface area (TPSA) is 22.0 Å². The van der Waals surface area contributed by atoms with Crippen molar-refractivity contribution in [2.75, 3.05) is 0 Å². The standard InChI is InChI=1S/C15H22ClNO/c1-9(2)12-8-13(11-6-5-7-11)17(10(3)4)15(18)14(12)16/h8-11H,5-7H2,1-4H3. The molecule has 1 aliphatic rings. The number of pyridine rings is 1. The molecular formula is C15H22ClNO. The fraction of sp³-hybridized carbons (Fsp3) is 0.667. The summed E-state index contributed by atoms with van der Waals surface area (Å²) in [6.07, 6.45) is 3.67. The Morgan fingerprint density at radius 1 is 1.28 bits per heavy atom. The lowest BCUT2D eigenvalue weighted by Gasteiger charge is -2.31. The third kappa shape index (κ3) is 2.23. The quantitative estimate of drug-likeness (QED) is 0.792. The lowest BCUT2D eigenvalue weighted by atomic mass is 9.81. The fourth-order valence-corrected chi connectivity index (χ4v) is 2.97. The number of halogens is 1. The zero-order valence-corrected chi connectivity index (χ0v) is 12.4. The molecule has 18 heavy (non-hydrogen) atoms. The van der Waals surface area contributed by atoms with Crippen LogP contribution in [0.4, 0.5) is 0 Å². The van der Waals surface area contributed by atoms with Gasteiger partial charge in [-0.25, -0.2) is 0 Å². The van der Waals surface area contributed by atoms with E-state index in [0.29, 0.717) is 16.9 Å². The second kappa shape index (κ2) is 5.08. The fourth-order valence-electron chi connectivity index (χ4n) is 2.61. The molecule has 0 bridgehead atoms. The van der Waals surface area contributed by atoms with E-state index < -0.39 is 0 Å². The van der Waals surface area contributed by atoms with Gasteiger partial charge in [-0.3, -0.25) is 4.79 Å². The van der Waals surface area contributed by atoms with Gasteiger partial charge in [-0.1, -0.05) is 31.9 Å². The SMILES string of the molecule is CC(C)c1cc(C2CCC2)n(C(C)C)c(=O)c1Cl. The molecule has 2 nitrogen and oxygen atoms in total. The third-order valence-electron chi connectivity index (χ3n) is 3.90. The summed E-state index contributed by atoms with van der Waals surface area (Å²) in [4.78, 5) is 12.4. The van der Waals surface area contributed by atoms with Crippen LogP contribution in [0.5, 0.6) is 0 Å². The second-order valence-electron chi connectivity index (χ2n) is 5.89. The van der Waals surface area contributed by atoms with Gasteiger partial charge in [-0.15, -0.1) is 0 Å². The van der Waals surface area contributed by atoms with Crippen molar-refractivity contribution >= 4 is 11.6 Å². The molecule has 1 aliphatic carbocycles. The van der Waals surface area contributed by atoms with Crippen LogP contribution in [0.1, 0.15) is 76.1 Å². The molecule has 0 radical (unpaired) electrons. The Kier molecular flexibility index (Phi) is 3.86. The first-order valence-corrected chi connectivity index (χ1v) is 7.26. The number of hydrogen-bond acceptors (Lipinski definition) is 1. The maximum Gasteiger partial charge on any atom is 0.270 e. The van der Waals surface area contributed by atoms with E-state index in [1.165, 1.54) is 25.0 Å². The van der Waals surface area contributed by atoms with E-state index >= 15 is 0 Å². The summed E-state index contributed by atoms with van der Waals surface area (Å²) in [5.41, 5.74) is 2.18. The normalized spacial score (nSPS) is 16.4. The zero-order chi connectivity index (χ0) is 13.4. The van der Waals surface area contributed by atoms with Gasteiger partial charge >= 0.3 is 0 Å². The minimum Gasteiger partial charge on any atom is -0.309 e. The number of rotatable bonds is 3. The molecule has 0 spiro atoms. The van der Waals surface area contributed by atoms with Crippen molar-refractivity contribution in [1.82, 2.24) is 4.57 Å². The Labute approximate surface area is 114 Å². The summed E-state index contributed by atoms with van der Waals surface area (Å²) in [7, 11) is 0. The second-order valence-corrected chi connectivity index (χ2v) is 6.27. The Hall–Kier alpha value is -0.760. The van der Waals surface area contributed by atoms with Crippen molar-refractivity contribution < 1.29 is 0 Å². The molecule has 1 aromatic rings. The summed E-state index contributed by atoms with van der Waals surface area (Å²) in [6.45, 7) is 8.28. The van der Waals surface area contributed by atoms with Crippen molar-refractivity contribution in [1.29, 1.82) is 0 Å². The van der Waals surface area contributed by atoms with E-state index in [1.807, 2.05) is 4.57 Å². The van der Waals surface area contributed by atoms with Crippen molar-refractivity contribution in [3.8, 4) is 0 Å². The van der Waals surface area contributed by atoms with Crippen LogP contribution in [0.15, 0.2) is 10.9 Å². The Morgan fingerprint density at radius 3 is 2.28 bits per heavy atom. The molecule has 0 N–H and O–H groups in total. The molecule has 0 aromatic carbocycles. The predicted octanol–water partition coefficient (Wildman–Crippen LogP) is 4.47. The summed E-state index contributed by atoms with van der Waals surface area (Å²) >= 11 is 6.24. The number of hydrogen-bond donors (Lipinski definition) is 0. The van der Waals surface area contributed by atoms with Crippen LogP contribution >= 0.6 is 11.6 Å². The van der Waals surface area contributed by atoms with Gasteiger partial charge in [0.2, 0.25) is 0 Å². The van der Waals surface area contributed by atoms with Gasteiger partial charge in [-0.2, -0.15) is 0 Å². The molecule has 100 valence electrons. The summed E-state index contributed by atoms with van der Waals surface area (Å²) < 4.78 is 1.89. The smallest absolute Gasteiger partial charge is 0.270 e. The molecule has 0 aliphatic heterocycles. The summed E-state index contributed by atoms with van der Waals surface area (Å²) in [5, 5.41) is 0.404. The molecule has 0 saturated heterocycles. The van der Waals surface area contributed by atoms with E-state index in [1.54, 1.807) is 0 Å². The molecule has 0 atom stereocenters. The van der Waals surface area contributed by atoms with Crippen molar-refractivity contribution in [3.63, 3.8) is 0 Å². The molecule has 1 aromatic heterocycles. The van der Waals surface area contributed by atoms with E-state index in [2.05, 4.69) is 33.8 Å². The molecule has 0 unspecified atom stereocenters. The minimum absolute atomic E-state index is 0.0141. The van der Waals surface area contributed by atoms with E-state index in [0.717, 1.165) is 5.56 Å². The first-order valence-electron chi connectivity index (χ1n) is 6.88. The molecule has 1 heterocycles. The van der Waals surface area contributed by atoms with Crippen molar-refractivity contribution in [2.45, 2.75) is 64.8 Å². The maximum absolute atomic E-state index is 12.4. The first kappa shape index (κ1) is 13.7. The molecule has 2 rings (SSSR count). The van der Waals surface area contributed by atoms with Crippen LogP contribution in [0.3, 0.4) is 0 Å². The van der Waals surface area contributed by atoms with Gasteiger partial charge in [0.15, 0.2) is 0 Å². The minimum atomic E-state index is -0.0141. The van der Waals surface area contributed by atoms with Crippen LogP contribution in [-0.4, -0.2) is 4.57 Å². The van der Waals surface area contributed by atoms with Crippen LogP contribution in [-0.2, 0) is 0 Å². The number of aromatic nitrogens is 1. The van der Waals surface area contributed by atoms with Crippen LogP contribution < -0.4 is 5.56 Å². The average molecular weight is 268 g/mol. The Morgan fingerprint density at radius 2 is 1.89 bits per heavy atom. The van der Waals surface area contributed by atoms with Crippen molar-refractivity contribution in [2.24, 2.45) is 0 Å². The van der Waals surface area contributed by atoms with Gasteiger partial charge in [0.05, 0.1) is 0 Å². The van der Waals surface area contributed by atoms with Gasteiger partial charge in [-0.05, 0) is 50.2 Å². The summed E-state index contributed by atoms with van der Waals surface area (Å²) in [5.74, 6) is 0.848. The lowest BCUT2D eigenvalue weighted by Crippen LogP contribution is -2.30. The van der Waals surface area contributed by atoms with Crippen LogP contribution in [0.2, 0.25) is 5.02 Å². The number of nitrogens with zero attached hydrogens (tertiary/aromatic N) is 1. The predicted molar refractivity (Wildman–Crippen MR) is 76.8 cm³/mol. The molecule has 3 heteroatoms. The summed E-state index contributed by atoms with van der Waals surface area (Å²) in [6, 6.07) is 2.34. The molecular weight excluding hydrogens is 246 g/mol. The monoisotopic (exact) mass is 267 g/mol. The highest BCUT2D eigenvalue weighted by atomic mass is 35.5. The zero-order valence-electron chi connectivity index (χ0n) is 11.7. The molecule has 0 amide bonds. The van der Waals surface area contributed by atoms with Gasteiger partial charge in [0.1, 0.15) is 5.02 Å². The van der Waals surface area contributed by atoms with Gasteiger partial charge < -0.3 is 4.57 Å². The van der Waals surface area contributed by atoms with Crippen LogP contribution in [0, 0.1) is 0 Å². The van der Waals surface area contributed by atoms with E-state index in [9.17, 15) is 4.79 Å². The largest absolute Gasteiger partial charge is 0.309 e. The van der Waals surface area contributed by atoms with Gasteiger partial charge in [0.25, 0.3) is 5.56 Å². The van der Waals surface area contributed by atoms with Crippen molar-refractivity contribution in [3.05, 3.63) is 32.7 Å². The lowest BCUT2D eigenvalue weighted by molar-refractivity contribution is 0.381. The maximum atomic E-state index is 12.4. The van der Waals surface area contributed by atoms with E-state index in [-0.39, 0.29) is 11.6 Å². The Bertz CT molecular complexity index is 498. The average Bonchev–Trinajstić information content (AvgIpc) is 2.19.